The van der Waals surface area contributed by atoms with Crippen LogP contribution in [0.15, 0.2) is 30.3 Å². The standard InChI is InChI=1S/C26H27F3N2O5/c1-14-11-21(15(2)30(14)18-8-6-7-17(12-18)26(27,28)29)22(32)13-36-25(35)16(3)31-23(33)19-9-4-5-10-20(19)24(31)34/h6-8,11-12,16,19-20H,4-5,9-10,13H2,1-3H3/t16-,19-,20+/m0/s1. The predicted molar refractivity (Wildman–Crippen MR) is 122 cm³/mol. The van der Waals surface area contributed by atoms with Gasteiger partial charge in [0.15, 0.2) is 6.61 Å². The Morgan fingerprint density at radius 3 is 2.25 bits per heavy atom. The topological polar surface area (TPSA) is 85.7 Å². The summed E-state index contributed by atoms with van der Waals surface area (Å²) in [5.41, 5.74) is 0.566. The monoisotopic (exact) mass is 504 g/mol. The molecule has 2 fully saturated rings. The van der Waals surface area contributed by atoms with Crippen LogP contribution in [0.5, 0.6) is 0 Å². The second-order valence-corrected chi connectivity index (χ2v) is 9.42. The number of alkyl halides is 3. The predicted octanol–water partition coefficient (Wildman–Crippen LogP) is 4.40. The summed E-state index contributed by atoms with van der Waals surface area (Å²) in [5, 5.41) is 0. The third-order valence-electron chi connectivity index (χ3n) is 7.11. The first-order valence-electron chi connectivity index (χ1n) is 11.8. The fourth-order valence-corrected chi connectivity index (χ4v) is 5.27. The van der Waals surface area contributed by atoms with Crippen molar-refractivity contribution >= 4 is 23.6 Å². The number of carbonyl (C=O) groups is 4. The SMILES string of the molecule is Cc1cc(C(=O)COC(=O)[C@H](C)N2C(=O)[C@H]3CCCC[C@H]3C2=O)c(C)n1-c1cccc(C(F)(F)F)c1. The molecule has 2 aromatic rings. The molecule has 10 heteroatoms. The molecule has 1 saturated carbocycles. The number of nitrogens with zero attached hydrogens (tertiary/aromatic N) is 2. The highest BCUT2D eigenvalue weighted by atomic mass is 19.4. The van der Waals surface area contributed by atoms with Crippen LogP contribution in [-0.2, 0) is 25.3 Å². The highest BCUT2D eigenvalue weighted by Crippen LogP contribution is 2.39. The Bertz CT molecular complexity index is 1210. The lowest BCUT2D eigenvalue weighted by atomic mass is 9.81. The molecular weight excluding hydrogens is 477 g/mol. The fraction of sp³-hybridized carbons (Fsp3) is 0.462. The number of likely N-dealkylation sites (tertiary alicyclic amines) is 1. The van der Waals surface area contributed by atoms with E-state index in [-0.39, 0.29) is 23.1 Å². The number of benzene rings is 1. The smallest absolute Gasteiger partial charge is 0.416 e. The zero-order valence-electron chi connectivity index (χ0n) is 20.2. The number of aromatic nitrogens is 1. The maximum atomic E-state index is 13.1. The molecule has 1 aromatic carbocycles. The van der Waals surface area contributed by atoms with Crippen molar-refractivity contribution < 1.29 is 37.1 Å². The molecule has 1 aliphatic heterocycles. The van der Waals surface area contributed by atoms with E-state index in [0.29, 0.717) is 24.2 Å². The van der Waals surface area contributed by atoms with E-state index >= 15 is 0 Å². The number of imide groups is 1. The van der Waals surface area contributed by atoms with Gasteiger partial charge >= 0.3 is 12.1 Å². The zero-order valence-corrected chi connectivity index (χ0v) is 20.2. The fourth-order valence-electron chi connectivity index (χ4n) is 5.27. The summed E-state index contributed by atoms with van der Waals surface area (Å²) < 4.78 is 46.1. The number of ketones is 1. The van der Waals surface area contributed by atoms with Gasteiger partial charge in [0.05, 0.1) is 17.4 Å². The molecule has 0 radical (unpaired) electrons. The number of fused-ring (bicyclic) bond motifs is 1. The number of rotatable bonds is 6. The van der Waals surface area contributed by atoms with Gasteiger partial charge in [0, 0.05) is 22.6 Å². The molecule has 1 aromatic heterocycles. The number of halogens is 3. The summed E-state index contributed by atoms with van der Waals surface area (Å²) in [6, 6.07) is 5.13. The van der Waals surface area contributed by atoms with Crippen molar-refractivity contribution in [3.63, 3.8) is 0 Å². The number of aryl methyl sites for hydroxylation is 1. The Morgan fingerprint density at radius 1 is 1.06 bits per heavy atom. The maximum absolute atomic E-state index is 13.1. The van der Waals surface area contributed by atoms with E-state index in [2.05, 4.69) is 0 Å². The first kappa shape index (κ1) is 25.7. The van der Waals surface area contributed by atoms with Crippen molar-refractivity contribution in [3.05, 3.63) is 52.8 Å². The minimum Gasteiger partial charge on any atom is -0.456 e. The Hall–Kier alpha value is -3.43. The van der Waals surface area contributed by atoms with Gasteiger partial charge in [-0.15, -0.1) is 0 Å². The van der Waals surface area contributed by atoms with E-state index in [1.54, 1.807) is 13.8 Å². The van der Waals surface area contributed by atoms with Crippen LogP contribution in [0.1, 0.15) is 59.9 Å². The molecule has 2 aliphatic rings. The van der Waals surface area contributed by atoms with E-state index in [4.69, 9.17) is 4.74 Å². The van der Waals surface area contributed by atoms with E-state index in [9.17, 15) is 32.3 Å². The summed E-state index contributed by atoms with van der Waals surface area (Å²) in [5.74, 6) is -2.95. The summed E-state index contributed by atoms with van der Waals surface area (Å²) in [6.07, 6.45) is -1.55. The van der Waals surface area contributed by atoms with Crippen molar-refractivity contribution in [1.29, 1.82) is 0 Å². The Balaban J connectivity index is 1.46. The zero-order chi connectivity index (χ0) is 26.4. The van der Waals surface area contributed by atoms with Gasteiger partial charge in [0.25, 0.3) is 0 Å². The summed E-state index contributed by atoms with van der Waals surface area (Å²) in [6.45, 7) is 4.02. The van der Waals surface area contributed by atoms with Crippen molar-refractivity contribution in [2.45, 2.75) is 58.7 Å². The molecule has 192 valence electrons. The van der Waals surface area contributed by atoms with Crippen LogP contribution < -0.4 is 0 Å². The molecule has 1 saturated heterocycles. The van der Waals surface area contributed by atoms with E-state index in [1.807, 2.05) is 0 Å². The van der Waals surface area contributed by atoms with E-state index in [1.165, 1.54) is 29.7 Å². The van der Waals surface area contributed by atoms with Gasteiger partial charge in [-0.05, 0) is 57.9 Å². The van der Waals surface area contributed by atoms with Crippen LogP contribution >= 0.6 is 0 Å². The van der Waals surface area contributed by atoms with Crippen LogP contribution in [0.4, 0.5) is 13.2 Å². The minimum atomic E-state index is -4.51. The van der Waals surface area contributed by atoms with Crippen LogP contribution in [0, 0.1) is 25.7 Å². The molecule has 3 atom stereocenters. The number of Topliss-reactive ketones (excluding diaryl/α,β-unsaturated/α-hetero) is 1. The lowest BCUT2D eigenvalue weighted by Gasteiger charge is -2.21. The maximum Gasteiger partial charge on any atom is 0.416 e. The normalized spacial score (nSPS) is 20.9. The number of ether oxygens (including phenoxy) is 1. The molecule has 0 unspecified atom stereocenters. The van der Waals surface area contributed by atoms with Crippen LogP contribution in [-0.4, -0.2) is 45.7 Å². The van der Waals surface area contributed by atoms with Gasteiger partial charge in [0.1, 0.15) is 6.04 Å². The quantitative estimate of drug-likeness (QED) is 0.331. The average molecular weight is 505 g/mol. The van der Waals surface area contributed by atoms with Crippen molar-refractivity contribution in [2.24, 2.45) is 11.8 Å². The van der Waals surface area contributed by atoms with Gasteiger partial charge in [-0.25, -0.2) is 4.79 Å². The number of amides is 2. The Morgan fingerprint density at radius 2 is 1.67 bits per heavy atom. The molecule has 1 aliphatic carbocycles. The van der Waals surface area contributed by atoms with Crippen LogP contribution in [0.25, 0.3) is 5.69 Å². The third kappa shape index (κ3) is 4.56. The van der Waals surface area contributed by atoms with Gasteiger partial charge < -0.3 is 9.30 Å². The molecule has 36 heavy (non-hydrogen) atoms. The first-order valence-corrected chi connectivity index (χ1v) is 11.8. The molecule has 0 spiro atoms. The first-order chi connectivity index (χ1) is 16.9. The van der Waals surface area contributed by atoms with Crippen LogP contribution in [0.2, 0.25) is 0 Å². The molecule has 4 rings (SSSR count). The largest absolute Gasteiger partial charge is 0.456 e. The van der Waals surface area contributed by atoms with Crippen LogP contribution in [0.3, 0.4) is 0 Å². The lowest BCUT2D eigenvalue weighted by Crippen LogP contribution is -2.44. The number of hydrogen-bond donors (Lipinski definition) is 0. The van der Waals surface area contributed by atoms with Gasteiger partial charge in [-0.2, -0.15) is 13.2 Å². The van der Waals surface area contributed by atoms with Crippen molar-refractivity contribution in [1.82, 2.24) is 9.47 Å². The minimum absolute atomic E-state index is 0.199. The molecule has 2 amide bonds. The second-order valence-electron chi connectivity index (χ2n) is 9.42. The highest BCUT2D eigenvalue weighted by molar-refractivity contribution is 6.08. The highest BCUT2D eigenvalue weighted by Gasteiger charge is 2.51. The van der Waals surface area contributed by atoms with Gasteiger partial charge in [0.2, 0.25) is 17.6 Å². The summed E-state index contributed by atoms with van der Waals surface area (Å²) in [4.78, 5) is 51.9. The third-order valence-corrected chi connectivity index (χ3v) is 7.11. The molecule has 7 nitrogen and oxygen atoms in total. The summed E-state index contributed by atoms with van der Waals surface area (Å²) in [7, 11) is 0. The van der Waals surface area contributed by atoms with Crippen molar-refractivity contribution in [3.8, 4) is 5.69 Å². The molecule has 0 bridgehead atoms. The number of esters is 1. The molecule has 2 heterocycles. The lowest BCUT2D eigenvalue weighted by molar-refractivity contribution is -0.157. The molecular formula is C26H27F3N2O5. The molecule has 0 N–H and O–H groups in total. The Kier molecular flexibility index (Phi) is 6.81. The van der Waals surface area contributed by atoms with Gasteiger partial charge in [-0.3, -0.25) is 19.3 Å². The van der Waals surface area contributed by atoms with E-state index < -0.39 is 48.0 Å². The van der Waals surface area contributed by atoms with E-state index in [0.717, 1.165) is 29.9 Å². The van der Waals surface area contributed by atoms with Crippen molar-refractivity contribution in [2.75, 3.05) is 6.61 Å². The average Bonchev–Trinajstić information content (AvgIpc) is 3.28. The summed E-state index contributed by atoms with van der Waals surface area (Å²) >= 11 is 0. The van der Waals surface area contributed by atoms with Gasteiger partial charge in [-0.1, -0.05) is 18.9 Å². The number of carbonyl (C=O) groups excluding carboxylic acids is 4. The number of hydrogen-bond acceptors (Lipinski definition) is 5. The second kappa shape index (κ2) is 9.55. The Labute approximate surface area is 206 Å².